The summed E-state index contributed by atoms with van der Waals surface area (Å²) in [5.41, 5.74) is 1.97. The van der Waals surface area contributed by atoms with Gasteiger partial charge in [0.25, 0.3) is 0 Å². The highest BCUT2D eigenvalue weighted by Crippen LogP contribution is 2.37. The van der Waals surface area contributed by atoms with Crippen molar-refractivity contribution in [3.8, 4) is 11.1 Å². The van der Waals surface area contributed by atoms with Crippen molar-refractivity contribution >= 4 is 35.0 Å². The molecule has 1 saturated heterocycles. The summed E-state index contributed by atoms with van der Waals surface area (Å²) in [5, 5.41) is 12.4. The van der Waals surface area contributed by atoms with Crippen LogP contribution in [-0.4, -0.2) is 38.1 Å². The molecule has 0 radical (unpaired) electrons. The first kappa shape index (κ1) is 21.0. The van der Waals surface area contributed by atoms with Gasteiger partial charge in [0, 0.05) is 47.5 Å². The summed E-state index contributed by atoms with van der Waals surface area (Å²) in [6.07, 6.45) is 6.60. The molecule has 9 heteroatoms. The van der Waals surface area contributed by atoms with E-state index in [-0.39, 0.29) is 22.7 Å². The molecule has 1 aromatic carbocycles. The van der Waals surface area contributed by atoms with Crippen molar-refractivity contribution in [2.24, 2.45) is 0 Å². The smallest absolute Gasteiger partial charge is 0.337 e. The van der Waals surface area contributed by atoms with Gasteiger partial charge in [0.05, 0.1) is 10.6 Å². The quantitative estimate of drug-likeness (QED) is 0.565. The third-order valence-corrected chi connectivity index (χ3v) is 5.73. The zero-order chi connectivity index (χ0) is 22.1. The highest BCUT2D eigenvalue weighted by molar-refractivity contribution is 6.31. The molecule has 1 fully saturated rings. The van der Waals surface area contributed by atoms with Crippen molar-refractivity contribution in [2.45, 2.75) is 38.8 Å². The normalized spacial score (nSPS) is 18.3. The van der Waals surface area contributed by atoms with Gasteiger partial charge in [0.15, 0.2) is 0 Å². The summed E-state index contributed by atoms with van der Waals surface area (Å²) in [7, 11) is 0. The number of nitrogens with one attached hydrogen (secondary N) is 1. The Bertz CT molecular complexity index is 1130. The van der Waals surface area contributed by atoms with E-state index in [1.165, 1.54) is 18.3 Å². The van der Waals surface area contributed by atoms with Gasteiger partial charge in [-0.3, -0.25) is 4.98 Å². The van der Waals surface area contributed by atoms with Crippen LogP contribution >= 0.6 is 11.6 Å². The minimum atomic E-state index is -1.05. The number of pyridine rings is 1. The lowest BCUT2D eigenvalue weighted by Crippen LogP contribution is -2.34. The summed E-state index contributed by atoms with van der Waals surface area (Å²) in [6.45, 7) is 4.27. The first-order valence-electron chi connectivity index (χ1n) is 9.89. The van der Waals surface area contributed by atoms with Gasteiger partial charge in [-0.05, 0) is 51.0 Å². The number of rotatable bonds is 5. The largest absolute Gasteiger partial charge is 0.478 e. The summed E-state index contributed by atoms with van der Waals surface area (Å²) < 4.78 is 13.5. The average Bonchev–Trinajstić information content (AvgIpc) is 3.08. The SMILES string of the molecule is CC1CCC(C)N1c1nc(Nc2ccc(F)c(Cl)c2)ncc1-c1cncc(C(=O)O)c1. The molecule has 0 spiro atoms. The minimum absolute atomic E-state index is 0.000177. The molecule has 2 unspecified atom stereocenters. The Morgan fingerprint density at radius 2 is 1.94 bits per heavy atom. The van der Waals surface area contributed by atoms with Crippen molar-refractivity contribution in [2.75, 3.05) is 10.2 Å². The van der Waals surface area contributed by atoms with E-state index in [4.69, 9.17) is 16.6 Å². The Kier molecular flexibility index (Phi) is 5.73. The maximum absolute atomic E-state index is 13.5. The van der Waals surface area contributed by atoms with Crippen molar-refractivity contribution in [3.63, 3.8) is 0 Å². The van der Waals surface area contributed by atoms with Crippen LogP contribution in [0.1, 0.15) is 37.0 Å². The average molecular weight is 442 g/mol. The molecule has 2 N–H and O–H groups in total. The van der Waals surface area contributed by atoms with E-state index < -0.39 is 11.8 Å². The van der Waals surface area contributed by atoms with Crippen LogP contribution in [0.4, 0.5) is 21.8 Å². The fourth-order valence-electron chi connectivity index (χ4n) is 3.85. The Hall–Kier alpha value is -3.26. The highest BCUT2D eigenvalue weighted by atomic mass is 35.5. The number of carbonyl (C=O) groups is 1. The van der Waals surface area contributed by atoms with Crippen molar-refractivity contribution < 1.29 is 14.3 Å². The lowest BCUT2D eigenvalue weighted by molar-refractivity contribution is 0.0696. The van der Waals surface area contributed by atoms with Crippen molar-refractivity contribution in [1.82, 2.24) is 15.0 Å². The fourth-order valence-corrected chi connectivity index (χ4v) is 4.03. The number of aromatic nitrogens is 3. The highest BCUT2D eigenvalue weighted by Gasteiger charge is 2.31. The van der Waals surface area contributed by atoms with Crippen LogP contribution in [0.5, 0.6) is 0 Å². The van der Waals surface area contributed by atoms with Gasteiger partial charge < -0.3 is 15.3 Å². The Balaban J connectivity index is 1.79. The predicted molar refractivity (Wildman–Crippen MR) is 118 cm³/mol. The van der Waals surface area contributed by atoms with Crippen LogP contribution in [-0.2, 0) is 0 Å². The number of benzene rings is 1. The predicted octanol–water partition coefficient (Wildman–Crippen LogP) is 5.15. The van der Waals surface area contributed by atoms with E-state index in [1.54, 1.807) is 24.5 Å². The Morgan fingerprint density at radius 1 is 1.19 bits per heavy atom. The van der Waals surface area contributed by atoms with E-state index in [0.717, 1.165) is 12.8 Å². The lowest BCUT2D eigenvalue weighted by Gasteiger charge is -2.29. The van der Waals surface area contributed by atoms with Crippen molar-refractivity contribution in [1.29, 1.82) is 0 Å². The van der Waals surface area contributed by atoms with Crippen LogP contribution in [0.3, 0.4) is 0 Å². The van der Waals surface area contributed by atoms with Crippen molar-refractivity contribution in [3.05, 3.63) is 59.3 Å². The van der Waals surface area contributed by atoms with Gasteiger partial charge in [-0.1, -0.05) is 11.6 Å². The number of halogens is 2. The third kappa shape index (κ3) is 4.29. The van der Waals surface area contributed by atoms with Crippen LogP contribution in [0.2, 0.25) is 5.02 Å². The minimum Gasteiger partial charge on any atom is -0.478 e. The first-order valence-corrected chi connectivity index (χ1v) is 10.3. The van der Waals surface area contributed by atoms with Gasteiger partial charge in [-0.2, -0.15) is 4.98 Å². The zero-order valence-corrected chi connectivity index (χ0v) is 17.8. The Morgan fingerprint density at radius 3 is 2.61 bits per heavy atom. The molecule has 0 bridgehead atoms. The van der Waals surface area contributed by atoms with Crippen LogP contribution in [0, 0.1) is 5.82 Å². The topological polar surface area (TPSA) is 91.2 Å². The maximum Gasteiger partial charge on any atom is 0.337 e. The van der Waals surface area contributed by atoms with Crippen LogP contribution in [0.25, 0.3) is 11.1 Å². The first-order chi connectivity index (χ1) is 14.8. The molecule has 31 heavy (non-hydrogen) atoms. The molecule has 0 amide bonds. The van der Waals surface area contributed by atoms with Crippen LogP contribution in [0.15, 0.2) is 42.9 Å². The molecule has 1 aliphatic rings. The van der Waals surface area contributed by atoms with E-state index in [0.29, 0.717) is 28.6 Å². The maximum atomic E-state index is 13.5. The molecule has 2 aromatic heterocycles. The molecule has 1 aliphatic heterocycles. The van der Waals surface area contributed by atoms with Gasteiger partial charge in [-0.25, -0.2) is 14.2 Å². The van der Waals surface area contributed by atoms with E-state index in [9.17, 15) is 14.3 Å². The molecule has 3 aromatic rings. The summed E-state index contributed by atoms with van der Waals surface area (Å²) in [6, 6.07) is 6.37. The van der Waals surface area contributed by atoms with Gasteiger partial charge in [0.2, 0.25) is 5.95 Å². The molecule has 4 rings (SSSR count). The second kappa shape index (κ2) is 8.47. The molecular weight excluding hydrogens is 421 g/mol. The lowest BCUT2D eigenvalue weighted by atomic mass is 10.1. The zero-order valence-electron chi connectivity index (χ0n) is 17.0. The second-order valence-electron chi connectivity index (χ2n) is 7.63. The van der Waals surface area contributed by atoms with Gasteiger partial charge >= 0.3 is 5.97 Å². The molecule has 160 valence electrons. The molecule has 2 atom stereocenters. The van der Waals surface area contributed by atoms with E-state index in [1.807, 2.05) is 0 Å². The van der Waals surface area contributed by atoms with Gasteiger partial charge in [-0.15, -0.1) is 0 Å². The molecule has 0 saturated carbocycles. The van der Waals surface area contributed by atoms with Gasteiger partial charge in [0.1, 0.15) is 11.6 Å². The summed E-state index contributed by atoms with van der Waals surface area (Å²) in [5.74, 6) is -0.538. The number of nitrogens with zero attached hydrogens (tertiary/aromatic N) is 4. The number of hydrogen-bond donors (Lipinski definition) is 2. The number of anilines is 3. The van der Waals surface area contributed by atoms with Crippen LogP contribution < -0.4 is 10.2 Å². The molecule has 0 aliphatic carbocycles. The summed E-state index contributed by atoms with van der Waals surface area (Å²) in [4.78, 5) is 26.8. The number of hydrogen-bond acceptors (Lipinski definition) is 6. The standard InChI is InChI=1S/C22H21ClFN5O2/c1-12-3-4-13(2)29(12)20-17(14-7-15(21(30)31)10-25-9-14)11-26-22(28-20)27-16-5-6-19(24)18(23)8-16/h5-13H,3-4H2,1-2H3,(H,30,31)(H,26,27,28). The molecule has 3 heterocycles. The van der Waals surface area contributed by atoms with E-state index in [2.05, 4.69) is 34.0 Å². The third-order valence-electron chi connectivity index (χ3n) is 5.44. The monoisotopic (exact) mass is 441 g/mol. The number of aromatic carboxylic acids is 1. The number of carboxylic acids is 1. The second-order valence-corrected chi connectivity index (χ2v) is 8.04. The number of carboxylic acid groups (broad SMARTS) is 1. The molecular formula is C22H21ClFN5O2. The Labute approximate surface area is 183 Å². The summed E-state index contributed by atoms with van der Waals surface area (Å²) >= 11 is 5.88. The fraction of sp³-hybridized carbons (Fsp3) is 0.273. The molecule has 7 nitrogen and oxygen atoms in total. The van der Waals surface area contributed by atoms with E-state index >= 15 is 0 Å².